The molecule has 0 radical (unpaired) electrons. The lowest BCUT2D eigenvalue weighted by Gasteiger charge is -2.34. The predicted molar refractivity (Wildman–Crippen MR) is 168 cm³/mol. The Bertz CT molecular complexity index is 1380. The number of alkyl carbamates (subject to hydrolysis) is 1. The number of amides is 1. The van der Waals surface area contributed by atoms with Gasteiger partial charge >= 0.3 is 13.9 Å². The van der Waals surface area contributed by atoms with E-state index in [4.69, 9.17) is 34.6 Å². The number of aliphatic hydroxyl groups is 1. The molecule has 1 unspecified atom stereocenters. The van der Waals surface area contributed by atoms with Crippen LogP contribution in [0.4, 0.5) is 4.79 Å². The minimum Gasteiger partial charge on any atom is -0.489 e. The largest absolute Gasteiger partial charge is 0.489 e. The Morgan fingerprint density at radius 3 is 2.30 bits per heavy atom. The molecule has 2 N–H and O–H groups in total. The van der Waals surface area contributed by atoms with Crippen molar-refractivity contribution in [3.8, 4) is 5.75 Å². The molecule has 234 valence electrons. The van der Waals surface area contributed by atoms with Crippen LogP contribution in [0.1, 0.15) is 38.3 Å². The van der Waals surface area contributed by atoms with Gasteiger partial charge in [0.15, 0.2) is 0 Å². The summed E-state index contributed by atoms with van der Waals surface area (Å²) in [6, 6.07) is 23.5. The summed E-state index contributed by atoms with van der Waals surface area (Å²) < 4.78 is 39.0. The normalized spacial score (nSPS) is 13.3. The standard InChI is InChI=1S/C31H39ClNO8PS/c1-30(2,3)41-29(35)33-31(21-34,22-40-42(36,37-4)38-5)17-16-24-14-15-27(19-28(24)32)43-26-13-9-12-25(18-26)39-20-23-10-7-6-8-11-23/h6-15,18-19,34H,16-17,20-22H2,1-5H3,(H,33,35). The number of halogens is 1. The number of aliphatic hydroxyl groups excluding tert-OH is 1. The predicted octanol–water partition coefficient (Wildman–Crippen LogP) is 7.68. The van der Waals surface area contributed by atoms with Crippen LogP contribution >= 0.6 is 31.2 Å². The van der Waals surface area contributed by atoms with Crippen LogP contribution in [0.2, 0.25) is 5.02 Å². The number of carbonyl (C=O) groups excluding carboxylic acids is 1. The third-order valence-corrected chi connectivity index (χ3v) is 8.87. The molecule has 0 aliphatic carbocycles. The lowest BCUT2D eigenvalue weighted by molar-refractivity contribution is 0.0248. The molecule has 0 heterocycles. The maximum atomic E-state index is 12.7. The van der Waals surface area contributed by atoms with E-state index >= 15 is 0 Å². The molecule has 0 spiro atoms. The molecule has 3 aromatic carbocycles. The van der Waals surface area contributed by atoms with Crippen LogP contribution < -0.4 is 10.1 Å². The van der Waals surface area contributed by atoms with Gasteiger partial charge in [-0.15, -0.1) is 0 Å². The Morgan fingerprint density at radius 2 is 1.67 bits per heavy atom. The maximum absolute atomic E-state index is 12.7. The molecule has 3 aromatic rings. The van der Waals surface area contributed by atoms with Gasteiger partial charge in [0.05, 0.1) is 18.8 Å². The van der Waals surface area contributed by atoms with Crippen molar-refractivity contribution in [3.05, 3.63) is 88.9 Å². The van der Waals surface area contributed by atoms with Crippen LogP contribution in [0.25, 0.3) is 0 Å². The molecule has 0 bridgehead atoms. The number of rotatable bonds is 15. The van der Waals surface area contributed by atoms with Gasteiger partial charge in [0.25, 0.3) is 0 Å². The first kappa shape index (κ1) is 34.9. The fourth-order valence-corrected chi connectivity index (χ4v) is 5.92. The van der Waals surface area contributed by atoms with E-state index in [1.165, 1.54) is 14.2 Å². The van der Waals surface area contributed by atoms with Crippen molar-refractivity contribution >= 4 is 37.3 Å². The van der Waals surface area contributed by atoms with Crippen molar-refractivity contribution in [2.45, 2.75) is 61.2 Å². The smallest absolute Gasteiger partial charge is 0.474 e. The summed E-state index contributed by atoms with van der Waals surface area (Å²) in [5.74, 6) is 0.767. The van der Waals surface area contributed by atoms with Gasteiger partial charge in [-0.2, -0.15) is 0 Å². The van der Waals surface area contributed by atoms with E-state index in [0.717, 1.165) is 26.7 Å². The Balaban J connectivity index is 1.70. The zero-order chi connectivity index (χ0) is 31.5. The van der Waals surface area contributed by atoms with Gasteiger partial charge < -0.3 is 19.9 Å². The second kappa shape index (κ2) is 16.0. The summed E-state index contributed by atoms with van der Waals surface area (Å²) in [6.45, 7) is 4.75. The van der Waals surface area contributed by atoms with E-state index in [0.29, 0.717) is 18.1 Å². The second-order valence-corrected chi connectivity index (χ2v) is 14.2. The molecule has 0 aliphatic heterocycles. The molecule has 3 rings (SSSR count). The van der Waals surface area contributed by atoms with Crippen LogP contribution in [-0.4, -0.2) is 49.8 Å². The first-order chi connectivity index (χ1) is 20.4. The Kier molecular flexibility index (Phi) is 13.0. The van der Waals surface area contributed by atoms with Crippen molar-refractivity contribution in [2.75, 3.05) is 27.4 Å². The molecule has 43 heavy (non-hydrogen) atoms. The Morgan fingerprint density at radius 1 is 0.977 bits per heavy atom. The molecule has 12 heteroatoms. The Hall–Kier alpha value is -2.56. The fraction of sp³-hybridized carbons (Fsp3) is 0.387. The number of phosphoric acid groups is 1. The topological polar surface area (TPSA) is 113 Å². The summed E-state index contributed by atoms with van der Waals surface area (Å²) >= 11 is 8.22. The van der Waals surface area contributed by atoms with E-state index in [-0.39, 0.29) is 13.0 Å². The van der Waals surface area contributed by atoms with Crippen molar-refractivity contribution in [1.82, 2.24) is 5.32 Å². The number of aryl methyl sites for hydroxylation is 1. The lowest BCUT2D eigenvalue weighted by atomic mass is 9.93. The van der Waals surface area contributed by atoms with Gasteiger partial charge in [-0.1, -0.05) is 65.8 Å². The van der Waals surface area contributed by atoms with E-state index < -0.39 is 31.7 Å². The van der Waals surface area contributed by atoms with Crippen LogP contribution in [0.3, 0.4) is 0 Å². The Labute approximate surface area is 262 Å². The fourth-order valence-electron chi connectivity index (χ4n) is 3.91. The van der Waals surface area contributed by atoms with Gasteiger partial charge in [-0.3, -0.25) is 13.6 Å². The molecular weight excluding hydrogens is 613 g/mol. The third-order valence-electron chi connectivity index (χ3n) is 6.20. The SMILES string of the molecule is COP(=O)(OC)OCC(CO)(CCc1ccc(Sc2cccc(OCc3ccccc3)c2)cc1Cl)NC(=O)OC(C)(C)C. The summed E-state index contributed by atoms with van der Waals surface area (Å²) in [5.41, 5.74) is -0.263. The number of nitrogens with one attached hydrogen (secondary N) is 1. The molecule has 1 atom stereocenters. The monoisotopic (exact) mass is 651 g/mol. The highest BCUT2D eigenvalue weighted by molar-refractivity contribution is 7.99. The van der Waals surface area contributed by atoms with Crippen LogP contribution in [0, 0.1) is 0 Å². The van der Waals surface area contributed by atoms with Crippen molar-refractivity contribution < 1.29 is 37.5 Å². The molecular formula is C31H39ClNO8PS. The van der Waals surface area contributed by atoms with E-state index in [2.05, 4.69) is 5.32 Å². The van der Waals surface area contributed by atoms with Crippen LogP contribution in [-0.2, 0) is 35.9 Å². The highest BCUT2D eigenvalue weighted by Crippen LogP contribution is 2.48. The van der Waals surface area contributed by atoms with Gasteiger partial charge in [-0.05, 0) is 75.1 Å². The van der Waals surface area contributed by atoms with Gasteiger partial charge in [0.2, 0.25) is 0 Å². The first-order valence-electron chi connectivity index (χ1n) is 13.6. The third kappa shape index (κ3) is 11.5. The summed E-state index contributed by atoms with van der Waals surface area (Å²) in [4.78, 5) is 14.6. The molecule has 0 saturated heterocycles. The molecule has 0 saturated carbocycles. The number of carbonyl (C=O) groups is 1. The van der Waals surface area contributed by atoms with Gasteiger partial charge in [0, 0.05) is 29.0 Å². The zero-order valence-electron chi connectivity index (χ0n) is 25.0. The number of hydrogen-bond acceptors (Lipinski definition) is 9. The molecule has 1 amide bonds. The quantitative estimate of drug-likeness (QED) is 0.160. The number of benzene rings is 3. The minimum atomic E-state index is -3.89. The van der Waals surface area contributed by atoms with E-state index in [9.17, 15) is 14.5 Å². The molecule has 9 nitrogen and oxygen atoms in total. The summed E-state index contributed by atoms with van der Waals surface area (Å²) in [6.07, 6.45) is -0.220. The van der Waals surface area contributed by atoms with E-state index in [1.54, 1.807) is 32.5 Å². The maximum Gasteiger partial charge on any atom is 0.474 e. The highest BCUT2D eigenvalue weighted by atomic mass is 35.5. The number of ether oxygens (including phenoxy) is 2. The lowest BCUT2D eigenvalue weighted by Crippen LogP contribution is -2.56. The average molecular weight is 652 g/mol. The van der Waals surface area contributed by atoms with Crippen molar-refractivity contribution in [1.29, 1.82) is 0 Å². The number of phosphoric ester groups is 1. The first-order valence-corrected chi connectivity index (χ1v) is 16.2. The van der Waals surface area contributed by atoms with Crippen LogP contribution in [0.5, 0.6) is 5.75 Å². The van der Waals surface area contributed by atoms with Crippen molar-refractivity contribution in [3.63, 3.8) is 0 Å². The zero-order valence-corrected chi connectivity index (χ0v) is 27.5. The van der Waals surface area contributed by atoms with E-state index in [1.807, 2.05) is 72.8 Å². The second-order valence-electron chi connectivity index (χ2n) is 10.8. The minimum absolute atomic E-state index is 0.184. The highest BCUT2D eigenvalue weighted by Gasteiger charge is 2.37. The number of hydrogen-bond donors (Lipinski definition) is 2. The molecule has 0 fully saturated rings. The summed E-state index contributed by atoms with van der Waals surface area (Å²) in [5, 5.41) is 13.6. The molecule has 0 aromatic heterocycles. The average Bonchev–Trinajstić information content (AvgIpc) is 2.98. The van der Waals surface area contributed by atoms with Crippen LogP contribution in [0.15, 0.2) is 82.6 Å². The summed E-state index contributed by atoms with van der Waals surface area (Å²) in [7, 11) is -1.53. The van der Waals surface area contributed by atoms with Crippen molar-refractivity contribution in [2.24, 2.45) is 0 Å². The van der Waals surface area contributed by atoms with Gasteiger partial charge in [-0.25, -0.2) is 9.36 Å². The van der Waals surface area contributed by atoms with Gasteiger partial charge in [0.1, 0.15) is 18.0 Å². The molecule has 0 aliphatic rings.